The van der Waals surface area contributed by atoms with Crippen molar-refractivity contribution in [2.45, 2.75) is 27.7 Å². The van der Waals surface area contributed by atoms with Crippen LogP contribution in [0.4, 0.5) is 0 Å². The van der Waals surface area contributed by atoms with E-state index in [2.05, 4.69) is 0 Å². The molecule has 0 radical (unpaired) electrons. The molecule has 0 aromatic carbocycles. The Bertz CT molecular complexity index is 244. The Morgan fingerprint density at radius 3 is 1.60 bits per heavy atom. The summed E-state index contributed by atoms with van der Waals surface area (Å²) < 4.78 is 9.83. The lowest BCUT2D eigenvalue weighted by atomic mass is 10.1. The van der Waals surface area contributed by atoms with Gasteiger partial charge < -0.3 is 9.47 Å². The Labute approximate surface area is 89.9 Å². The van der Waals surface area contributed by atoms with Crippen LogP contribution in [0.1, 0.15) is 27.7 Å². The van der Waals surface area contributed by atoms with Gasteiger partial charge in [0.1, 0.15) is 0 Å². The minimum atomic E-state index is -0.337. The fourth-order valence-corrected chi connectivity index (χ4v) is 1.98. The van der Waals surface area contributed by atoms with E-state index in [0.29, 0.717) is 13.2 Å². The second-order valence-electron chi connectivity index (χ2n) is 4.28. The Kier molecular flexibility index (Phi) is 3.37. The molecule has 0 aromatic heterocycles. The summed E-state index contributed by atoms with van der Waals surface area (Å²) in [6.45, 7) is 7.98. The van der Waals surface area contributed by atoms with Crippen molar-refractivity contribution in [1.82, 2.24) is 0 Å². The number of carbonyl (C=O) groups excluding carboxylic acids is 2. The van der Waals surface area contributed by atoms with Gasteiger partial charge in [-0.1, -0.05) is 13.8 Å². The predicted molar refractivity (Wildman–Crippen MR) is 54.0 cm³/mol. The molecule has 0 spiro atoms. The van der Waals surface area contributed by atoms with Crippen LogP contribution in [0.5, 0.6) is 0 Å². The van der Waals surface area contributed by atoms with Crippen molar-refractivity contribution in [3.63, 3.8) is 0 Å². The van der Waals surface area contributed by atoms with Gasteiger partial charge in [-0.25, -0.2) is 0 Å². The molecule has 2 atom stereocenters. The first-order chi connectivity index (χ1) is 6.96. The van der Waals surface area contributed by atoms with Crippen molar-refractivity contribution in [1.29, 1.82) is 0 Å². The topological polar surface area (TPSA) is 52.6 Å². The zero-order valence-electron chi connectivity index (χ0n) is 9.70. The van der Waals surface area contributed by atoms with Crippen LogP contribution >= 0.6 is 0 Å². The van der Waals surface area contributed by atoms with Gasteiger partial charge in [0.15, 0.2) is 0 Å². The number of hydrogen-bond donors (Lipinski definition) is 0. The molecule has 4 heteroatoms. The van der Waals surface area contributed by atoms with Crippen molar-refractivity contribution >= 4 is 11.9 Å². The molecule has 0 amide bonds. The highest BCUT2D eigenvalue weighted by atomic mass is 16.5. The lowest BCUT2D eigenvalue weighted by Crippen LogP contribution is -2.13. The van der Waals surface area contributed by atoms with Crippen LogP contribution in [0.25, 0.3) is 0 Å². The summed E-state index contributed by atoms with van der Waals surface area (Å²) in [5.41, 5.74) is -0.321. The molecule has 1 saturated carbocycles. The molecular formula is C11H18O4. The molecule has 0 heterocycles. The fraction of sp³-hybridized carbons (Fsp3) is 0.818. The third-order valence-electron chi connectivity index (χ3n) is 2.91. The van der Waals surface area contributed by atoms with Crippen LogP contribution in [0.3, 0.4) is 0 Å². The number of hydrogen-bond acceptors (Lipinski definition) is 4. The van der Waals surface area contributed by atoms with Crippen LogP contribution in [0.2, 0.25) is 0 Å². The van der Waals surface area contributed by atoms with Gasteiger partial charge >= 0.3 is 11.9 Å². The molecule has 0 saturated heterocycles. The minimum Gasteiger partial charge on any atom is -0.466 e. The maximum Gasteiger partial charge on any atom is 0.310 e. The van der Waals surface area contributed by atoms with Gasteiger partial charge in [0.05, 0.1) is 25.0 Å². The van der Waals surface area contributed by atoms with Gasteiger partial charge in [-0.2, -0.15) is 0 Å². The standard InChI is InChI=1S/C11H18O4/c1-5-14-9(12)7-8(11(7,3)4)10(13)15-6-2/h7-8H,5-6H2,1-4H3/t7-,8+. The van der Waals surface area contributed by atoms with Gasteiger partial charge in [-0.15, -0.1) is 0 Å². The van der Waals surface area contributed by atoms with E-state index in [4.69, 9.17) is 9.47 Å². The highest BCUT2D eigenvalue weighted by Crippen LogP contribution is 2.59. The lowest BCUT2D eigenvalue weighted by Gasteiger charge is -2.01. The van der Waals surface area contributed by atoms with E-state index in [1.165, 1.54) is 0 Å². The van der Waals surface area contributed by atoms with Gasteiger partial charge in [-0.05, 0) is 19.3 Å². The van der Waals surface area contributed by atoms with Crippen LogP contribution in [-0.4, -0.2) is 25.2 Å². The van der Waals surface area contributed by atoms with Gasteiger partial charge in [0.2, 0.25) is 0 Å². The number of ether oxygens (including phenoxy) is 2. The summed E-state index contributed by atoms with van der Waals surface area (Å²) in [4.78, 5) is 23.0. The Balaban J connectivity index is 2.62. The maximum atomic E-state index is 11.5. The Hall–Kier alpha value is -1.06. The second-order valence-corrected chi connectivity index (χ2v) is 4.28. The molecule has 0 unspecified atom stereocenters. The first kappa shape index (κ1) is 12.0. The van der Waals surface area contributed by atoms with Crippen molar-refractivity contribution in [2.24, 2.45) is 17.3 Å². The van der Waals surface area contributed by atoms with E-state index in [9.17, 15) is 9.59 Å². The SMILES string of the molecule is CCOC(=O)[C@@H]1[C@H](C(=O)OCC)C1(C)C. The van der Waals surface area contributed by atoms with E-state index >= 15 is 0 Å². The molecular weight excluding hydrogens is 196 g/mol. The molecule has 4 nitrogen and oxygen atoms in total. The van der Waals surface area contributed by atoms with Crippen molar-refractivity contribution in [3.8, 4) is 0 Å². The second kappa shape index (κ2) is 4.21. The largest absolute Gasteiger partial charge is 0.466 e. The van der Waals surface area contributed by atoms with E-state index in [0.717, 1.165) is 0 Å². The summed E-state index contributed by atoms with van der Waals surface area (Å²) in [7, 11) is 0. The zero-order chi connectivity index (χ0) is 11.6. The van der Waals surface area contributed by atoms with Crippen LogP contribution in [0.15, 0.2) is 0 Å². The molecule has 1 aliphatic carbocycles. The van der Waals surface area contributed by atoms with E-state index in [-0.39, 0.29) is 29.2 Å². The molecule has 0 N–H and O–H groups in total. The Morgan fingerprint density at radius 2 is 1.33 bits per heavy atom. The average Bonchev–Trinajstić information content (AvgIpc) is 2.70. The number of esters is 2. The van der Waals surface area contributed by atoms with Crippen molar-refractivity contribution in [2.75, 3.05) is 13.2 Å². The third kappa shape index (κ3) is 2.13. The number of rotatable bonds is 4. The van der Waals surface area contributed by atoms with Crippen LogP contribution in [0, 0.1) is 17.3 Å². The van der Waals surface area contributed by atoms with E-state index < -0.39 is 0 Å². The fourth-order valence-electron chi connectivity index (χ4n) is 1.98. The molecule has 1 rings (SSSR count). The molecule has 15 heavy (non-hydrogen) atoms. The quantitative estimate of drug-likeness (QED) is 0.663. The molecule has 1 aliphatic rings. The van der Waals surface area contributed by atoms with Crippen LogP contribution in [-0.2, 0) is 19.1 Å². The monoisotopic (exact) mass is 214 g/mol. The molecule has 1 fully saturated rings. The molecule has 0 aliphatic heterocycles. The lowest BCUT2D eigenvalue weighted by molar-refractivity contribution is -0.150. The van der Waals surface area contributed by atoms with E-state index in [1.807, 2.05) is 13.8 Å². The molecule has 86 valence electrons. The average molecular weight is 214 g/mol. The zero-order valence-corrected chi connectivity index (χ0v) is 9.70. The van der Waals surface area contributed by atoms with Crippen LogP contribution < -0.4 is 0 Å². The van der Waals surface area contributed by atoms with Crippen molar-refractivity contribution < 1.29 is 19.1 Å². The summed E-state index contributed by atoms with van der Waals surface area (Å²) in [6.07, 6.45) is 0. The summed E-state index contributed by atoms with van der Waals surface area (Å²) in [5.74, 6) is -1.26. The highest BCUT2D eigenvalue weighted by molar-refractivity contribution is 5.89. The summed E-state index contributed by atoms with van der Waals surface area (Å²) in [6, 6.07) is 0. The Morgan fingerprint density at radius 1 is 1.00 bits per heavy atom. The first-order valence-corrected chi connectivity index (χ1v) is 5.30. The number of carbonyl (C=O) groups is 2. The minimum absolute atomic E-state index is 0.291. The van der Waals surface area contributed by atoms with Gasteiger partial charge in [0, 0.05) is 0 Å². The molecule has 0 aromatic rings. The maximum absolute atomic E-state index is 11.5. The van der Waals surface area contributed by atoms with Gasteiger partial charge in [-0.3, -0.25) is 9.59 Å². The van der Waals surface area contributed by atoms with Gasteiger partial charge in [0.25, 0.3) is 0 Å². The first-order valence-electron chi connectivity index (χ1n) is 5.30. The summed E-state index contributed by atoms with van der Waals surface area (Å²) in [5, 5.41) is 0. The normalized spacial score (nSPS) is 26.9. The van der Waals surface area contributed by atoms with Crippen molar-refractivity contribution in [3.05, 3.63) is 0 Å². The summed E-state index contributed by atoms with van der Waals surface area (Å²) >= 11 is 0. The predicted octanol–water partition coefficient (Wildman–Crippen LogP) is 1.38. The van der Waals surface area contributed by atoms with E-state index in [1.54, 1.807) is 13.8 Å². The smallest absolute Gasteiger partial charge is 0.310 e. The highest BCUT2D eigenvalue weighted by Gasteiger charge is 2.67. The molecule has 0 bridgehead atoms. The third-order valence-corrected chi connectivity index (χ3v) is 2.91.